The smallest absolute Gasteiger partial charge is 0.182 e. The summed E-state index contributed by atoms with van der Waals surface area (Å²) in [5, 5.41) is 8.46. The molecule has 3 rings (SSSR count). The summed E-state index contributed by atoms with van der Waals surface area (Å²) in [5.41, 5.74) is 5.09. The molecule has 1 aromatic heterocycles. The van der Waals surface area contributed by atoms with Crippen LogP contribution in [0.4, 0.5) is 0 Å². The first-order chi connectivity index (χ1) is 8.74. The van der Waals surface area contributed by atoms with Crippen LogP contribution >= 0.6 is 0 Å². The third-order valence-electron chi connectivity index (χ3n) is 2.93. The van der Waals surface area contributed by atoms with Crippen LogP contribution in [-0.4, -0.2) is 15.2 Å². The summed E-state index contributed by atoms with van der Waals surface area (Å²) in [4.78, 5) is 4.61. The highest BCUT2D eigenvalue weighted by molar-refractivity contribution is 5.79. The monoisotopic (exact) mass is 235 g/mol. The van der Waals surface area contributed by atoms with Gasteiger partial charge in [-0.1, -0.05) is 36.4 Å². The lowest BCUT2D eigenvalue weighted by Gasteiger charge is -2.04. The molecule has 2 aromatic carbocycles. The molecule has 0 aliphatic rings. The molecular weight excluding hydrogens is 222 g/mol. The number of rotatable bonds is 1. The summed E-state index contributed by atoms with van der Waals surface area (Å²) >= 11 is 0. The fourth-order valence-electron chi connectivity index (χ4n) is 2.10. The van der Waals surface area contributed by atoms with Crippen molar-refractivity contribution in [3.05, 3.63) is 53.6 Å². The second-order valence-electron chi connectivity index (χ2n) is 4.45. The Morgan fingerprint density at radius 2 is 1.67 bits per heavy atom. The van der Waals surface area contributed by atoms with Crippen LogP contribution in [0.25, 0.3) is 22.4 Å². The molecule has 0 unspecified atom stereocenters. The molecule has 18 heavy (non-hydrogen) atoms. The molecule has 0 saturated heterocycles. The quantitative estimate of drug-likeness (QED) is 0.649. The molecule has 3 aromatic rings. The van der Waals surface area contributed by atoms with E-state index in [-0.39, 0.29) is 0 Å². The van der Waals surface area contributed by atoms with Crippen molar-refractivity contribution in [2.24, 2.45) is 0 Å². The lowest BCUT2D eigenvalue weighted by molar-refractivity contribution is 1.03. The average molecular weight is 235 g/mol. The van der Waals surface area contributed by atoms with Gasteiger partial charge in [-0.3, -0.25) is 0 Å². The minimum absolute atomic E-state index is 0.676. The minimum Gasteiger partial charge on any atom is -0.224 e. The minimum atomic E-state index is 0.676. The molecule has 0 radical (unpaired) electrons. The van der Waals surface area contributed by atoms with E-state index in [0.29, 0.717) is 5.82 Å². The molecule has 1 heterocycles. The molecule has 0 N–H and O–H groups in total. The number of aryl methyl sites for hydroxylation is 2. The number of nitrogens with zero attached hydrogens (tertiary/aromatic N) is 3. The van der Waals surface area contributed by atoms with E-state index in [9.17, 15) is 0 Å². The predicted octanol–water partition coefficient (Wildman–Crippen LogP) is 3.31. The van der Waals surface area contributed by atoms with Crippen LogP contribution in [0, 0.1) is 13.8 Å². The van der Waals surface area contributed by atoms with Gasteiger partial charge in [0.05, 0.1) is 5.52 Å². The Hall–Kier alpha value is -2.29. The van der Waals surface area contributed by atoms with Crippen LogP contribution in [0.5, 0.6) is 0 Å². The lowest BCUT2D eigenvalue weighted by Crippen LogP contribution is -1.96. The van der Waals surface area contributed by atoms with Gasteiger partial charge in [-0.05, 0) is 31.0 Å². The summed E-state index contributed by atoms with van der Waals surface area (Å²) in [6.07, 6.45) is 0. The highest BCUT2D eigenvalue weighted by Gasteiger charge is 2.06. The molecule has 0 amide bonds. The number of benzene rings is 2. The van der Waals surface area contributed by atoms with E-state index in [2.05, 4.69) is 35.1 Å². The van der Waals surface area contributed by atoms with E-state index in [1.807, 2.05) is 36.4 Å². The number of hydrogen-bond acceptors (Lipinski definition) is 3. The molecule has 0 atom stereocenters. The zero-order chi connectivity index (χ0) is 12.5. The Bertz CT molecular complexity index is 706. The van der Waals surface area contributed by atoms with Gasteiger partial charge in [0.25, 0.3) is 0 Å². The molecule has 3 nitrogen and oxygen atoms in total. The average Bonchev–Trinajstić information content (AvgIpc) is 2.39. The van der Waals surface area contributed by atoms with Crippen molar-refractivity contribution in [3.8, 4) is 11.4 Å². The predicted molar refractivity (Wildman–Crippen MR) is 72.2 cm³/mol. The van der Waals surface area contributed by atoms with Crippen molar-refractivity contribution in [3.63, 3.8) is 0 Å². The van der Waals surface area contributed by atoms with Crippen LogP contribution in [0.3, 0.4) is 0 Å². The van der Waals surface area contributed by atoms with Crippen molar-refractivity contribution in [2.75, 3.05) is 0 Å². The van der Waals surface area contributed by atoms with Crippen LogP contribution in [-0.2, 0) is 0 Å². The number of fused-ring (bicyclic) bond motifs is 1. The summed E-state index contributed by atoms with van der Waals surface area (Å²) in [7, 11) is 0. The van der Waals surface area contributed by atoms with Crippen LogP contribution in [0.2, 0.25) is 0 Å². The first kappa shape index (κ1) is 10.8. The highest BCUT2D eigenvalue weighted by atomic mass is 15.1. The Kier molecular flexibility index (Phi) is 2.52. The van der Waals surface area contributed by atoms with Crippen LogP contribution in [0.1, 0.15) is 11.1 Å². The van der Waals surface area contributed by atoms with Gasteiger partial charge in [-0.2, -0.15) is 0 Å². The lowest BCUT2D eigenvalue weighted by atomic mass is 10.1. The first-order valence-electron chi connectivity index (χ1n) is 5.91. The summed E-state index contributed by atoms with van der Waals surface area (Å²) < 4.78 is 0. The maximum atomic E-state index is 4.61. The normalized spacial score (nSPS) is 10.8. The van der Waals surface area contributed by atoms with Gasteiger partial charge in [0.15, 0.2) is 5.82 Å². The molecule has 3 heteroatoms. The molecular formula is C15H13N3. The van der Waals surface area contributed by atoms with Crippen molar-refractivity contribution in [1.82, 2.24) is 15.2 Å². The Labute approximate surface area is 106 Å². The van der Waals surface area contributed by atoms with Crippen molar-refractivity contribution >= 4 is 11.0 Å². The SMILES string of the molecule is Cc1cc(C)c2nc(-c3ccccc3)nnc2c1. The third-order valence-corrected chi connectivity index (χ3v) is 2.93. The van der Waals surface area contributed by atoms with Crippen molar-refractivity contribution in [1.29, 1.82) is 0 Å². The zero-order valence-corrected chi connectivity index (χ0v) is 10.4. The van der Waals surface area contributed by atoms with Gasteiger partial charge < -0.3 is 0 Å². The van der Waals surface area contributed by atoms with Crippen molar-refractivity contribution < 1.29 is 0 Å². The van der Waals surface area contributed by atoms with Gasteiger partial charge in [-0.25, -0.2) is 4.98 Å². The van der Waals surface area contributed by atoms with Crippen molar-refractivity contribution in [2.45, 2.75) is 13.8 Å². The molecule has 0 spiro atoms. The Morgan fingerprint density at radius 1 is 0.889 bits per heavy atom. The topological polar surface area (TPSA) is 38.7 Å². The van der Waals surface area contributed by atoms with E-state index in [0.717, 1.165) is 22.2 Å². The standard InChI is InChI=1S/C15H13N3/c1-10-8-11(2)14-13(9-10)17-18-15(16-14)12-6-4-3-5-7-12/h3-9H,1-2H3. The fraction of sp³-hybridized carbons (Fsp3) is 0.133. The molecule has 0 fully saturated rings. The first-order valence-corrected chi connectivity index (χ1v) is 5.91. The Balaban J connectivity index is 2.23. The van der Waals surface area contributed by atoms with E-state index >= 15 is 0 Å². The van der Waals surface area contributed by atoms with Gasteiger partial charge in [0, 0.05) is 5.56 Å². The number of hydrogen-bond donors (Lipinski definition) is 0. The van der Waals surface area contributed by atoms with E-state index in [1.54, 1.807) is 0 Å². The van der Waals surface area contributed by atoms with Crippen LogP contribution in [0.15, 0.2) is 42.5 Å². The second kappa shape index (κ2) is 4.18. The molecule has 0 aliphatic carbocycles. The van der Waals surface area contributed by atoms with E-state index < -0.39 is 0 Å². The molecule has 88 valence electrons. The van der Waals surface area contributed by atoms with E-state index in [4.69, 9.17) is 0 Å². The molecule has 0 saturated carbocycles. The van der Waals surface area contributed by atoms with Gasteiger partial charge in [0.1, 0.15) is 5.52 Å². The number of aromatic nitrogens is 3. The van der Waals surface area contributed by atoms with Gasteiger partial charge >= 0.3 is 0 Å². The van der Waals surface area contributed by atoms with Gasteiger partial charge in [-0.15, -0.1) is 10.2 Å². The highest BCUT2D eigenvalue weighted by Crippen LogP contribution is 2.20. The maximum Gasteiger partial charge on any atom is 0.182 e. The largest absolute Gasteiger partial charge is 0.224 e. The second-order valence-corrected chi connectivity index (χ2v) is 4.45. The fourth-order valence-corrected chi connectivity index (χ4v) is 2.10. The summed E-state index contributed by atoms with van der Waals surface area (Å²) in [6.45, 7) is 4.11. The summed E-state index contributed by atoms with van der Waals surface area (Å²) in [5.74, 6) is 0.676. The molecule has 0 bridgehead atoms. The van der Waals surface area contributed by atoms with Gasteiger partial charge in [0.2, 0.25) is 0 Å². The summed E-state index contributed by atoms with van der Waals surface area (Å²) in [6, 6.07) is 14.0. The third kappa shape index (κ3) is 1.84. The zero-order valence-electron chi connectivity index (χ0n) is 10.4. The maximum absolute atomic E-state index is 4.61. The Morgan fingerprint density at radius 3 is 2.44 bits per heavy atom. The van der Waals surface area contributed by atoms with E-state index in [1.165, 1.54) is 5.56 Å². The van der Waals surface area contributed by atoms with Crippen LogP contribution < -0.4 is 0 Å². The molecule has 0 aliphatic heterocycles.